The van der Waals surface area contributed by atoms with Crippen LogP contribution in [0.4, 0.5) is 0 Å². The predicted molar refractivity (Wildman–Crippen MR) is 112 cm³/mol. The molecule has 1 amide bonds. The molecule has 0 fully saturated rings. The van der Waals surface area contributed by atoms with E-state index in [2.05, 4.69) is 17.2 Å². The van der Waals surface area contributed by atoms with Gasteiger partial charge in [-0.2, -0.15) is 0 Å². The van der Waals surface area contributed by atoms with Crippen molar-refractivity contribution in [2.45, 2.75) is 37.8 Å². The lowest BCUT2D eigenvalue weighted by molar-refractivity contribution is -0.118. The second-order valence-electron chi connectivity index (χ2n) is 6.67. The van der Waals surface area contributed by atoms with Gasteiger partial charge in [-0.25, -0.2) is 4.98 Å². The third-order valence-electron chi connectivity index (χ3n) is 4.59. The monoisotopic (exact) mass is 383 g/mol. The minimum absolute atomic E-state index is 0.0237. The number of carbonyl (C=O) groups is 1. The summed E-state index contributed by atoms with van der Waals surface area (Å²) in [6.07, 6.45) is 4.52. The normalized spacial score (nSPS) is 11.2. The number of amides is 1. The van der Waals surface area contributed by atoms with Crippen molar-refractivity contribution in [3.63, 3.8) is 0 Å². The highest BCUT2D eigenvalue weighted by Crippen LogP contribution is 2.22. The fourth-order valence-electron chi connectivity index (χ4n) is 3.03. The zero-order chi connectivity index (χ0) is 19.2. The molecule has 0 aliphatic rings. The zero-order valence-corrected chi connectivity index (χ0v) is 16.6. The number of aromatic nitrogens is 2. The van der Waals surface area contributed by atoms with E-state index >= 15 is 0 Å². The molecule has 1 aromatic heterocycles. The summed E-state index contributed by atoms with van der Waals surface area (Å²) >= 11 is 1.30. The second-order valence-corrected chi connectivity index (χ2v) is 7.62. The zero-order valence-electron chi connectivity index (χ0n) is 15.8. The molecular formula is C21H25N3O2S. The molecule has 0 bridgehead atoms. The van der Waals surface area contributed by atoms with Crippen LogP contribution in [0, 0.1) is 0 Å². The van der Waals surface area contributed by atoms with Crippen LogP contribution in [0.2, 0.25) is 0 Å². The van der Waals surface area contributed by atoms with Crippen LogP contribution in [0.15, 0.2) is 46.3 Å². The summed E-state index contributed by atoms with van der Waals surface area (Å²) in [6, 6.07) is 11.7. The van der Waals surface area contributed by atoms with Gasteiger partial charge in [-0.05, 0) is 29.3 Å². The molecule has 3 rings (SSSR count). The maximum atomic E-state index is 12.7. The lowest BCUT2D eigenvalue weighted by Gasteiger charge is -2.10. The van der Waals surface area contributed by atoms with Crippen molar-refractivity contribution in [2.75, 3.05) is 12.3 Å². The molecule has 5 nitrogen and oxygen atoms in total. The molecule has 27 heavy (non-hydrogen) atoms. The number of hydrogen-bond donors (Lipinski definition) is 1. The first-order valence-electron chi connectivity index (χ1n) is 9.39. The Labute approximate surface area is 163 Å². The molecule has 6 heteroatoms. The minimum atomic E-state index is -0.0896. The van der Waals surface area contributed by atoms with Gasteiger partial charge in [0.05, 0.1) is 16.7 Å². The van der Waals surface area contributed by atoms with Gasteiger partial charge in [-0.3, -0.25) is 14.2 Å². The SMILES string of the molecule is CCCCCCNC(=O)CSc1nc2cc3ccccc3cc2c(=O)n1C. The Hall–Kier alpha value is -2.34. The molecule has 142 valence electrons. The van der Waals surface area contributed by atoms with Gasteiger partial charge < -0.3 is 5.32 Å². The Morgan fingerprint density at radius 3 is 2.63 bits per heavy atom. The Balaban J connectivity index is 1.73. The predicted octanol–water partition coefficient (Wildman–Crippen LogP) is 3.88. The van der Waals surface area contributed by atoms with E-state index in [0.29, 0.717) is 22.6 Å². The first-order valence-corrected chi connectivity index (χ1v) is 10.4. The van der Waals surface area contributed by atoms with Gasteiger partial charge in [-0.1, -0.05) is 62.2 Å². The number of nitrogens with zero attached hydrogens (tertiary/aromatic N) is 2. The van der Waals surface area contributed by atoms with E-state index in [4.69, 9.17) is 0 Å². The van der Waals surface area contributed by atoms with E-state index in [-0.39, 0.29) is 17.2 Å². The molecule has 2 aromatic carbocycles. The Kier molecular flexibility index (Phi) is 6.50. The molecule has 0 atom stereocenters. The van der Waals surface area contributed by atoms with Crippen LogP contribution < -0.4 is 10.9 Å². The Morgan fingerprint density at radius 1 is 1.15 bits per heavy atom. The van der Waals surface area contributed by atoms with Gasteiger partial charge in [0.25, 0.3) is 5.56 Å². The van der Waals surface area contributed by atoms with Crippen molar-refractivity contribution in [1.29, 1.82) is 0 Å². The summed E-state index contributed by atoms with van der Waals surface area (Å²) in [5, 5.41) is 6.16. The van der Waals surface area contributed by atoms with E-state index in [1.807, 2.05) is 36.4 Å². The average molecular weight is 384 g/mol. The molecule has 1 N–H and O–H groups in total. The lowest BCUT2D eigenvalue weighted by atomic mass is 10.1. The fraction of sp³-hybridized carbons (Fsp3) is 0.381. The van der Waals surface area contributed by atoms with Crippen LogP contribution in [0.1, 0.15) is 32.6 Å². The van der Waals surface area contributed by atoms with Gasteiger partial charge in [0.1, 0.15) is 0 Å². The van der Waals surface area contributed by atoms with E-state index in [1.54, 1.807) is 7.05 Å². The quantitative estimate of drug-likeness (QED) is 0.278. The molecule has 0 unspecified atom stereocenters. The molecular weight excluding hydrogens is 358 g/mol. The van der Waals surface area contributed by atoms with Crippen LogP contribution in [0.5, 0.6) is 0 Å². The fourth-order valence-corrected chi connectivity index (χ4v) is 3.83. The van der Waals surface area contributed by atoms with Gasteiger partial charge in [0.2, 0.25) is 5.91 Å². The first-order chi connectivity index (χ1) is 13.1. The topological polar surface area (TPSA) is 64.0 Å². The van der Waals surface area contributed by atoms with Crippen LogP contribution >= 0.6 is 11.8 Å². The van der Waals surface area contributed by atoms with Gasteiger partial charge >= 0.3 is 0 Å². The lowest BCUT2D eigenvalue weighted by Crippen LogP contribution is -2.27. The molecule has 0 spiro atoms. The van der Waals surface area contributed by atoms with E-state index in [0.717, 1.165) is 23.6 Å². The van der Waals surface area contributed by atoms with Crippen molar-refractivity contribution >= 4 is 39.3 Å². The first kappa shape index (κ1) is 19.4. The van der Waals surface area contributed by atoms with Crippen LogP contribution in [0.3, 0.4) is 0 Å². The molecule has 0 saturated carbocycles. The largest absolute Gasteiger partial charge is 0.355 e. The van der Waals surface area contributed by atoms with E-state index in [1.165, 1.54) is 29.2 Å². The molecule has 1 heterocycles. The Morgan fingerprint density at radius 2 is 1.89 bits per heavy atom. The summed E-state index contributed by atoms with van der Waals surface area (Å²) < 4.78 is 1.52. The van der Waals surface area contributed by atoms with Crippen molar-refractivity contribution in [3.05, 3.63) is 46.8 Å². The number of carbonyl (C=O) groups excluding carboxylic acids is 1. The van der Waals surface area contributed by atoms with Gasteiger partial charge in [-0.15, -0.1) is 0 Å². The number of hydrogen-bond acceptors (Lipinski definition) is 4. The minimum Gasteiger partial charge on any atom is -0.355 e. The van der Waals surface area contributed by atoms with E-state index < -0.39 is 0 Å². The van der Waals surface area contributed by atoms with Crippen molar-refractivity contribution in [1.82, 2.24) is 14.9 Å². The van der Waals surface area contributed by atoms with Gasteiger partial charge in [0, 0.05) is 13.6 Å². The summed E-state index contributed by atoms with van der Waals surface area (Å²) in [4.78, 5) is 29.4. The maximum Gasteiger partial charge on any atom is 0.261 e. The van der Waals surface area contributed by atoms with Crippen molar-refractivity contribution < 1.29 is 4.79 Å². The maximum absolute atomic E-state index is 12.7. The highest BCUT2D eigenvalue weighted by atomic mass is 32.2. The summed E-state index contributed by atoms with van der Waals surface area (Å²) in [6.45, 7) is 2.87. The highest BCUT2D eigenvalue weighted by molar-refractivity contribution is 7.99. The molecule has 3 aromatic rings. The van der Waals surface area contributed by atoms with E-state index in [9.17, 15) is 9.59 Å². The molecule has 0 saturated heterocycles. The number of thioether (sulfide) groups is 1. The number of benzene rings is 2. The summed E-state index contributed by atoms with van der Waals surface area (Å²) in [7, 11) is 1.70. The standard InChI is InChI=1S/C21H25N3O2S/c1-3-4-5-8-11-22-19(25)14-27-21-23-18-13-16-10-7-6-9-15(16)12-17(18)20(26)24(21)2/h6-7,9-10,12-13H,3-5,8,11,14H2,1-2H3,(H,22,25). The third-order valence-corrected chi connectivity index (χ3v) is 5.62. The number of nitrogens with one attached hydrogen (secondary N) is 1. The average Bonchev–Trinajstić information content (AvgIpc) is 2.68. The number of fused-ring (bicyclic) bond motifs is 2. The number of rotatable bonds is 8. The van der Waals surface area contributed by atoms with Crippen molar-refractivity contribution in [3.8, 4) is 0 Å². The highest BCUT2D eigenvalue weighted by Gasteiger charge is 2.11. The van der Waals surface area contributed by atoms with Gasteiger partial charge in [0.15, 0.2) is 5.16 Å². The molecule has 0 aliphatic carbocycles. The van der Waals surface area contributed by atoms with Crippen LogP contribution in [0.25, 0.3) is 21.7 Å². The summed E-state index contributed by atoms with van der Waals surface area (Å²) in [5.41, 5.74) is 0.576. The Bertz CT molecular complexity index is 1010. The molecule has 0 radical (unpaired) electrons. The third kappa shape index (κ3) is 4.69. The van der Waals surface area contributed by atoms with Crippen LogP contribution in [-0.2, 0) is 11.8 Å². The second kappa shape index (κ2) is 9.04. The summed E-state index contributed by atoms with van der Waals surface area (Å²) in [5.74, 6) is 0.233. The number of unbranched alkanes of at least 4 members (excludes halogenated alkanes) is 3. The van der Waals surface area contributed by atoms with Crippen molar-refractivity contribution in [2.24, 2.45) is 7.05 Å². The van der Waals surface area contributed by atoms with Crippen LogP contribution in [-0.4, -0.2) is 27.8 Å². The molecule has 0 aliphatic heterocycles. The smallest absolute Gasteiger partial charge is 0.261 e.